The van der Waals surface area contributed by atoms with Crippen LogP contribution in [0, 0.1) is 17.4 Å². The molecule has 2 aliphatic rings. The molecule has 2 heteroatoms. The van der Waals surface area contributed by atoms with E-state index in [4.69, 9.17) is 0 Å². The lowest BCUT2D eigenvalue weighted by atomic mass is 9.41. The molecular formula is C16H29BSi. The minimum Gasteiger partial charge on any atom is -0.131 e. The van der Waals surface area contributed by atoms with Gasteiger partial charge in [0.1, 0.15) is 15.4 Å². The Bertz CT molecular complexity index is 356. The Morgan fingerprint density at radius 3 is 2.44 bits per heavy atom. The Morgan fingerprint density at radius 2 is 1.78 bits per heavy atom. The van der Waals surface area contributed by atoms with Gasteiger partial charge in [0.05, 0.1) is 0 Å². The first-order chi connectivity index (χ1) is 8.29. The largest absolute Gasteiger partial charge is 0.137 e. The fourth-order valence-electron chi connectivity index (χ4n) is 3.26. The summed E-state index contributed by atoms with van der Waals surface area (Å²) >= 11 is 0. The van der Waals surface area contributed by atoms with E-state index >= 15 is 0 Å². The van der Waals surface area contributed by atoms with Gasteiger partial charge in [0, 0.05) is 5.92 Å². The van der Waals surface area contributed by atoms with E-state index in [0.717, 1.165) is 17.6 Å². The van der Waals surface area contributed by atoms with E-state index < -0.39 is 8.07 Å². The van der Waals surface area contributed by atoms with Crippen molar-refractivity contribution in [2.24, 2.45) is 5.92 Å². The average molecular weight is 260 g/mol. The molecular weight excluding hydrogens is 231 g/mol. The summed E-state index contributed by atoms with van der Waals surface area (Å²) in [5.41, 5.74) is 3.76. The van der Waals surface area contributed by atoms with Gasteiger partial charge in [0.2, 0.25) is 0 Å². The van der Waals surface area contributed by atoms with Gasteiger partial charge in [-0.2, -0.15) is 0 Å². The fourth-order valence-corrected chi connectivity index (χ4v) is 4.18. The highest BCUT2D eigenvalue weighted by Gasteiger charge is 2.36. The summed E-state index contributed by atoms with van der Waals surface area (Å²) in [6.45, 7) is 12.0. The highest BCUT2D eigenvalue weighted by molar-refractivity contribution is 6.87. The molecule has 0 nitrogen and oxygen atoms in total. The van der Waals surface area contributed by atoms with E-state index in [1.165, 1.54) is 39.4 Å². The van der Waals surface area contributed by atoms with Gasteiger partial charge < -0.3 is 0 Å². The van der Waals surface area contributed by atoms with Crippen LogP contribution in [-0.4, -0.2) is 15.4 Å². The molecule has 2 aliphatic heterocycles. The Kier molecular flexibility index (Phi) is 4.02. The van der Waals surface area contributed by atoms with E-state index in [9.17, 15) is 0 Å². The summed E-state index contributed by atoms with van der Waals surface area (Å²) < 4.78 is 0. The zero-order valence-electron chi connectivity index (χ0n) is 13.0. The smallest absolute Gasteiger partial charge is 0.131 e. The molecule has 0 saturated carbocycles. The topological polar surface area (TPSA) is 0 Å². The van der Waals surface area contributed by atoms with Crippen LogP contribution < -0.4 is 0 Å². The van der Waals surface area contributed by atoms with Crippen molar-refractivity contribution in [2.45, 2.75) is 82.6 Å². The molecule has 0 aromatic heterocycles. The summed E-state index contributed by atoms with van der Waals surface area (Å²) in [5.74, 6) is 6.46. The van der Waals surface area contributed by atoms with Crippen molar-refractivity contribution in [3.63, 3.8) is 0 Å². The van der Waals surface area contributed by atoms with Gasteiger partial charge in [-0.15, -0.1) is 11.5 Å². The number of hydrogen-bond acceptors (Lipinski definition) is 0. The van der Waals surface area contributed by atoms with Crippen molar-refractivity contribution in [3.05, 3.63) is 0 Å². The van der Waals surface area contributed by atoms with Gasteiger partial charge in [-0.1, -0.05) is 71.2 Å². The molecule has 0 aliphatic carbocycles. The summed E-state index contributed by atoms with van der Waals surface area (Å²) in [6.07, 6.45) is 7.25. The van der Waals surface area contributed by atoms with Crippen LogP contribution in [0.15, 0.2) is 0 Å². The van der Waals surface area contributed by atoms with Crippen molar-refractivity contribution >= 4 is 15.4 Å². The second-order valence-electron chi connectivity index (χ2n) is 8.12. The van der Waals surface area contributed by atoms with Gasteiger partial charge in [-0.3, -0.25) is 0 Å². The van der Waals surface area contributed by atoms with Gasteiger partial charge in [-0.25, -0.2) is 0 Å². The Labute approximate surface area is 116 Å². The van der Waals surface area contributed by atoms with Crippen LogP contribution >= 0.6 is 0 Å². The molecule has 2 bridgehead atoms. The standard InChI is InChI=1S/C16H29BSi/c1-16(2,3)18(4,5)12-11-13-9-10-14-7-6-8-15(13)17-14/h13-15,17H,6-10H2,1-5H3. The van der Waals surface area contributed by atoms with Crippen molar-refractivity contribution in [2.75, 3.05) is 0 Å². The molecule has 3 atom stereocenters. The Hall–Kier alpha value is -0.158. The average Bonchev–Trinajstić information content (AvgIpc) is 2.27. The quantitative estimate of drug-likeness (QED) is 0.439. The minimum absolute atomic E-state index is 0.407. The van der Waals surface area contributed by atoms with Gasteiger partial charge >= 0.3 is 0 Å². The lowest BCUT2D eigenvalue weighted by Crippen LogP contribution is -2.36. The minimum atomic E-state index is -1.39. The summed E-state index contributed by atoms with van der Waals surface area (Å²) in [6, 6.07) is 0. The third kappa shape index (κ3) is 3.05. The Balaban J connectivity index is 2.06. The monoisotopic (exact) mass is 260 g/mol. The van der Waals surface area contributed by atoms with Crippen LogP contribution in [0.25, 0.3) is 0 Å². The Morgan fingerprint density at radius 1 is 1.06 bits per heavy atom. The van der Waals surface area contributed by atoms with Crippen molar-refractivity contribution in [3.8, 4) is 11.5 Å². The van der Waals surface area contributed by atoms with Gasteiger partial charge in [0.15, 0.2) is 0 Å². The zero-order chi connectivity index (χ0) is 13.4. The molecule has 0 spiro atoms. The normalized spacial score (nSPS) is 32.2. The van der Waals surface area contributed by atoms with E-state index in [2.05, 4.69) is 45.3 Å². The lowest BCUT2D eigenvalue weighted by Gasteiger charge is -2.38. The maximum atomic E-state index is 3.76. The van der Waals surface area contributed by atoms with Crippen molar-refractivity contribution in [1.82, 2.24) is 0 Å². The van der Waals surface area contributed by atoms with Crippen molar-refractivity contribution in [1.29, 1.82) is 0 Å². The maximum Gasteiger partial charge on any atom is 0.137 e. The number of rotatable bonds is 0. The molecule has 100 valence electrons. The summed E-state index contributed by atoms with van der Waals surface area (Å²) in [7, 11) is 0.0917. The first kappa shape index (κ1) is 14.3. The number of fused-ring (bicyclic) bond motifs is 2. The second kappa shape index (κ2) is 5.08. The zero-order valence-corrected chi connectivity index (χ0v) is 14.0. The first-order valence-corrected chi connectivity index (χ1v) is 10.8. The molecule has 3 unspecified atom stereocenters. The van der Waals surface area contributed by atoms with Crippen molar-refractivity contribution < 1.29 is 0 Å². The van der Waals surface area contributed by atoms with E-state index in [1.54, 1.807) is 0 Å². The van der Waals surface area contributed by atoms with Crippen LogP contribution in [0.4, 0.5) is 0 Å². The third-order valence-corrected chi connectivity index (χ3v) is 10.2. The number of hydrogen-bond donors (Lipinski definition) is 0. The highest BCUT2D eigenvalue weighted by Crippen LogP contribution is 2.44. The van der Waals surface area contributed by atoms with E-state index in [0.29, 0.717) is 5.04 Å². The van der Waals surface area contributed by atoms with Crippen LogP contribution in [0.1, 0.15) is 52.9 Å². The summed E-state index contributed by atoms with van der Waals surface area (Å²) in [4.78, 5) is 0. The second-order valence-corrected chi connectivity index (χ2v) is 13.1. The molecule has 0 N–H and O–H groups in total. The molecule has 2 heterocycles. The predicted octanol–water partition coefficient (Wildman–Crippen LogP) is 4.64. The lowest BCUT2D eigenvalue weighted by molar-refractivity contribution is 0.399. The molecule has 2 saturated heterocycles. The molecule has 0 radical (unpaired) electrons. The fraction of sp³-hybridized carbons (Fsp3) is 0.875. The molecule has 0 aromatic carbocycles. The molecule has 18 heavy (non-hydrogen) atoms. The maximum absolute atomic E-state index is 3.76. The SMILES string of the molecule is CC(C)(C)[Si](C)(C)C#CC1CCC2BC1CCC2. The van der Waals surface area contributed by atoms with Crippen LogP contribution in [0.5, 0.6) is 0 Å². The molecule has 0 aromatic rings. The highest BCUT2D eigenvalue weighted by atomic mass is 28.3. The first-order valence-electron chi connectivity index (χ1n) is 7.82. The van der Waals surface area contributed by atoms with Gasteiger partial charge in [0.25, 0.3) is 0 Å². The predicted molar refractivity (Wildman–Crippen MR) is 86.2 cm³/mol. The molecule has 0 amide bonds. The molecule has 2 fully saturated rings. The van der Waals surface area contributed by atoms with Crippen LogP contribution in [-0.2, 0) is 0 Å². The van der Waals surface area contributed by atoms with E-state index in [-0.39, 0.29) is 0 Å². The van der Waals surface area contributed by atoms with E-state index in [1.807, 2.05) is 0 Å². The van der Waals surface area contributed by atoms with Gasteiger partial charge in [-0.05, 0) is 11.5 Å². The van der Waals surface area contributed by atoms with Crippen LogP contribution in [0.2, 0.25) is 29.8 Å². The molecule has 2 rings (SSSR count). The van der Waals surface area contributed by atoms with Crippen LogP contribution in [0.3, 0.4) is 0 Å². The summed E-state index contributed by atoms with van der Waals surface area (Å²) in [5, 5.41) is 0.407. The third-order valence-electron chi connectivity index (χ3n) is 5.72.